The molecule has 23 heavy (non-hydrogen) atoms. The van der Waals surface area contributed by atoms with Gasteiger partial charge in [0.25, 0.3) is 5.69 Å². The monoisotopic (exact) mass is 320 g/mol. The predicted octanol–water partition coefficient (Wildman–Crippen LogP) is 2.03. The number of hydrogen-bond acceptors (Lipinski definition) is 5. The van der Waals surface area contributed by atoms with E-state index in [-0.39, 0.29) is 17.5 Å². The van der Waals surface area contributed by atoms with Gasteiger partial charge in [0, 0.05) is 36.4 Å². The molecule has 7 heteroatoms. The van der Waals surface area contributed by atoms with E-state index in [1.807, 2.05) is 6.92 Å². The minimum Gasteiger partial charge on any atom is -0.383 e. The third-order valence-electron chi connectivity index (χ3n) is 4.40. The van der Waals surface area contributed by atoms with Crippen molar-refractivity contribution < 1.29 is 9.72 Å². The van der Waals surface area contributed by atoms with Gasteiger partial charge in [-0.3, -0.25) is 14.9 Å². The largest absolute Gasteiger partial charge is 0.383 e. The Morgan fingerprint density at radius 2 is 2.04 bits per heavy atom. The summed E-state index contributed by atoms with van der Waals surface area (Å²) >= 11 is 0. The molecule has 0 bridgehead atoms. The van der Waals surface area contributed by atoms with E-state index < -0.39 is 10.5 Å². The number of rotatable bonds is 6. The number of benzene rings is 1. The van der Waals surface area contributed by atoms with Gasteiger partial charge in [-0.25, -0.2) is 0 Å². The van der Waals surface area contributed by atoms with Gasteiger partial charge in [-0.2, -0.15) is 0 Å². The smallest absolute Gasteiger partial charge is 0.269 e. The molecule has 1 saturated carbocycles. The fourth-order valence-corrected chi connectivity index (χ4v) is 3.01. The molecule has 0 heterocycles. The van der Waals surface area contributed by atoms with Crippen LogP contribution >= 0.6 is 0 Å². The van der Waals surface area contributed by atoms with Crippen molar-refractivity contribution in [2.75, 3.05) is 18.4 Å². The second-order valence-corrected chi connectivity index (χ2v) is 6.33. The van der Waals surface area contributed by atoms with Crippen LogP contribution in [0.25, 0.3) is 0 Å². The van der Waals surface area contributed by atoms with E-state index in [9.17, 15) is 14.9 Å². The molecule has 2 atom stereocenters. The Morgan fingerprint density at radius 1 is 1.35 bits per heavy atom. The van der Waals surface area contributed by atoms with E-state index >= 15 is 0 Å². The number of hydrogen-bond donors (Lipinski definition) is 3. The topological polar surface area (TPSA) is 110 Å². The maximum atomic E-state index is 12.3. The standard InChI is InChI=1S/C16H24N4O3/c1-16(17)9-3-2-4-14(16)15(21)19-11-10-18-12-5-7-13(8-6-12)20(22)23/h5-8,14,18H,2-4,9-11,17H2,1H3,(H,19,21). The molecule has 1 fully saturated rings. The summed E-state index contributed by atoms with van der Waals surface area (Å²) in [6.45, 7) is 2.99. The fourth-order valence-electron chi connectivity index (χ4n) is 3.01. The minimum absolute atomic E-state index is 0.0141. The summed E-state index contributed by atoms with van der Waals surface area (Å²) in [7, 11) is 0. The number of nitrogens with one attached hydrogen (secondary N) is 2. The molecule has 2 rings (SSSR count). The summed E-state index contributed by atoms with van der Waals surface area (Å²) in [5.41, 5.74) is 6.65. The number of nitro groups is 1. The first-order valence-electron chi connectivity index (χ1n) is 7.95. The number of carbonyl (C=O) groups excluding carboxylic acids is 1. The van der Waals surface area contributed by atoms with Crippen molar-refractivity contribution in [3.05, 3.63) is 34.4 Å². The summed E-state index contributed by atoms with van der Waals surface area (Å²) < 4.78 is 0. The first-order valence-corrected chi connectivity index (χ1v) is 7.95. The Morgan fingerprint density at radius 3 is 2.65 bits per heavy atom. The molecule has 1 aliphatic rings. The van der Waals surface area contributed by atoms with Crippen LogP contribution in [0.3, 0.4) is 0 Å². The lowest BCUT2D eigenvalue weighted by molar-refractivity contribution is -0.384. The Balaban J connectivity index is 1.74. The normalized spacial score (nSPS) is 24.0. The van der Waals surface area contributed by atoms with Gasteiger partial charge >= 0.3 is 0 Å². The molecule has 0 spiro atoms. The van der Waals surface area contributed by atoms with Crippen LogP contribution in [0.2, 0.25) is 0 Å². The first-order chi connectivity index (χ1) is 10.9. The van der Waals surface area contributed by atoms with Crippen LogP contribution in [0.1, 0.15) is 32.6 Å². The molecule has 0 aliphatic heterocycles. The maximum absolute atomic E-state index is 12.3. The summed E-state index contributed by atoms with van der Waals surface area (Å²) in [5.74, 6) is -0.115. The lowest BCUT2D eigenvalue weighted by Gasteiger charge is -2.37. The van der Waals surface area contributed by atoms with Crippen molar-refractivity contribution in [2.45, 2.75) is 38.1 Å². The molecule has 0 aromatic heterocycles. The van der Waals surface area contributed by atoms with Crippen LogP contribution in [0, 0.1) is 16.0 Å². The SMILES string of the molecule is CC1(N)CCCCC1C(=O)NCCNc1ccc([N+](=O)[O-])cc1. The van der Waals surface area contributed by atoms with Crippen molar-refractivity contribution in [1.82, 2.24) is 5.32 Å². The highest BCUT2D eigenvalue weighted by Crippen LogP contribution is 2.31. The van der Waals surface area contributed by atoms with Gasteiger partial charge in [-0.1, -0.05) is 12.8 Å². The Bertz CT molecular complexity index is 557. The van der Waals surface area contributed by atoms with Crippen molar-refractivity contribution in [1.29, 1.82) is 0 Å². The number of non-ortho nitro benzene ring substituents is 1. The van der Waals surface area contributed by atoms with E-state index in [0.717, 1.165) is 31.4 Å². The molecule has 1 amide bonds. The van der Waals surface area contributed by atoms with Crippen LogP contribution in [0.4, 0.5) is 11.4 Å². The zero-order valence-electron chi connectivity index (χ0n) is 13.4. The van der Waals surface area contributed by atoms with Gasteiger partial charge in [0.2, 0.25) is 5.91 Å². The van der Waals surface area contributed by atoms with Gasteiger partial charge in [0.1, 0.15) is 0 Å². The highest BCUT2D eigenvalue weighted by atomic mass is 16.6. The van der Waals surface area contributed by atoms with Crippen molar-refractivity contribution in [3.63, 3.8) is 0 Å². The molecule has 2 unspecified atom stereocenters. The first kappa shape index (κ1) is 17.2. The Labute approximate surface area is 135 Å². The number of anilines is 1. The quantitative estimate of drug-likeness (QED) is 0.422. The molecule has 126 valence electrons. The van der Waals surface area contributed by atoms with E-state index in [4.69, 9.17) is 5.73 Å². The molecule has 0 radical (unpaired) electrons. The van der Waals surface area contributed by atoms with Crippen LogP contribution in [-0.2, 0) is 4.79 Å². The van der Waals surface area contributed by atoms with Crippen LogP contribution in [-0.4, -0.2) is 29.5 Å². The van der Waals surface area contributed by atoms with Gasteiger partial charge < -0.3 is 16.4 Å². The third kappa shape index (κ3) is 4.66. The number of nitro benzene ring substituents is 1. The van der Waals surface area contributed by atoms with Crippen LogP contribution in [0.5, 0.6) is 0 Å². The number of nitrogens with zero attached hydrogens (tertiary/aromatic N) is 1. The molecular formula is C16H24N4O3. The van der Waals surface area contributed by atoms with E-state index in [2.05, 4.69) is 10.6 Å². The van der Waals surface area contributed by atoms with Crippen molar-refractivity contribution >= 4 is 17.3 Å². The second-order valence-electron chi connectivity index (χ2n) is 6.33. The Hall–Kier alpha value is -2.15. The fraction of sp³-hybridized carbons (Fsp3) is 0.562. The number of carbonyl (C=O) groups is 1. The summed E-state index contributed by atoms with van der Waals surface area (Å²) in [5, 5.41) is 16.6. The number of amides is 1. The van der Waals surface area contributed by atoms with E-state index in [0.29, 0.717) is 13.1 Å². The van der Waals surface area contributed by atoms with Crippen molar-refractivity contribution in [3.8, 4) is 0 Å². The minimum atomic E-state index is -0.433. The van der Waals surface area contributed by atoms with Gasteiger partial charge in [-0.05, 0) is 31.9 Å². The Kier molecular flexibility index (Phi) is 5.54. The molecule has 1 aromatic rings. The molecule has 4 N–H and O–H groups in total. The lowest BCUT2D eigenvalue weighted by atomic mass is 9.74. The highest BCUT2D eigenvalue weighted by molar-refractivity contribution is 5.80. The zero-order chi connectivity index (χ0) is 16.9. The van der Waals surface area contributed by atoms with E-state index in [1.165, 1.54) is 12.1 Å². The average molecular weight is 320 g/mol. The molecule has 1 aliphatic carbocycles. The number of nitrogens with two attached hydrogens (primary N) is 1. The van der Waals surface area contributed by atoms with Crippen molar-refractivity contribution in [2.24, 2.45) is 11.7 Å². The predicted molar refractivity (Wildman–Crippen MR) is 89.1 cm³/mol. The summed E-state index contributed by atoms with van der Waals surface area (Å²) in [4.78, 5) is 22.4. The highest BCUT2D eigenvalue weighted by Gasteiger charge is 2.37. The van der Waals surface area contributed by atoms with Gasteiger partial charge in [0.05, 0.1) is 10.8 Å². The van der Waals surface area contributed by atoms with Gasteiger partial charge in [0.15, 0.2) is 0 Å². The molecule has 7 nitrogen and oxygen atoms in total. The average Bonchev–Trinajstić information content (AvgIpc) is 2.51. The molecular weight excluding hydrogens is 296 g/mol. The second kappa shape index (κ2) is 7.41. The summed E-state index contributed by atoms with van der Waals surface area (Å²) in [6.07, 6.45) is 3.85. The third-order valence-corrected chi connectivity index (χ3v) is 4.40. The van der Waals surface area contributed by atoms with E-state index in [1.54, 1.807) is 12.1 Å². The lowest BCUT2D eigenvalue weighted by Crippen LogP contribution is -2.53. The zero-order valence-corrected chi connectivity index (χ0v) is 13.4. The maximum Gasteiger partial charge on any atom is 0.269 e. The van der Waals surface area contributed by atoms with Crippen LogP contribution in [0.15, 0.2) is 24.3 Å². The van der Waals surface area contributed by atoms with Gasteiger partial charge in [-0.15, -0.1) is 0 Å². The summed E-state index contributed by atoms with van der Waals surface area (Å²) in [6, 6.07) is 6.20. The van der Waals surface area contributed by atoms with Crippen LogP contribution < -0.4 is 16.4 Å². The molecule has 1 aromatic carbocycles. The molecule has 0 saturated heterocycles.